The lowest BCUT2D eigenvalue weighted by Crippen LogP contribution is -2.50. The molecule has 0 N–H and O–H groups in total. The van der Waals surface area contributed by atoms with Gasteiger partial charge in [-0.15, -0.1) is 11.3 Å². The van der Waals surface area contributed by atoms with Gasteiger partial charge in [-0.25, -0.2) is 8.42 Å². The Hall–Kier alpha value is -0.830. The fourth-order valence-electron chi connectivity index (χ4n) is 2.68. The third-order valence-corrected chi connectivity index (χ3v) is 8.41. The minimum absolute atomic E-state index is 0.0698. The van der Waals surface area contributed by atoms with Crippen LogP contribution in [0.5, 0.6) is 0 Å². The van der Waals surface area contributed by atoms with Gasteiger partial charge in [0.05, 0.1) is 20.8 Å². The zero-order chi connectivity index (χ0) is 18.9. The third kappa shape index (κ3) is 4.35. The van der Waals surface area contributed by atoms with Gasteiger partial charge >= 0.3 is 0 Å². The molecule has 1 aliphatic heterocycles. The van der Waals surface area contributed by atoms with Crippen molar-refractivity contribution in [2.24, 2.45) is 0 Å². The number of rotatable bonds is 4. The first-order chi connectivity index (χ1) is 12.3. The first kappa shape index (κ1) is 19.9. The number of benzene rings is 1. The van der Waals surface area contributed by atoms with Crippen molar-refractivity contribution >= 4 is 62.1 Å². The van der Waals surface area contributed by atoms with E-state index in [1.54, 1.807) is 29.2 Å². The van der Waals surface area contributed by atoms with E-state index in [4.69, 9.17) is 34.8 Å². The molecule has 1 aromatic carbocycles. The fraction of sp³-hybridized carbons (Fsp3) is 0.312. The molecule has 0 spiro atoms. The normalized spacial score (nSPS) is 16.0. The van der Waals surface area contributed by atoms with Gasteiger partial charge in [0.1, 0.15) is 4.21 Å². The Morgan fingerprint density at radius 1 is 1.00 bits per heavy atom. The summed E-state index contributed by atoms with van der Waals surface area (Å²) in [6.07, 6.45) is 0.199. The van der Waals surface area contributed by atoms with Gasteiger partial charge in [0, 0.05) is 26.2 Å². The second-order valence-electron chi connectivity index (χ2n) is 5.77. The number of hydrogen-bond acceptors (Lipinski definition) is 4. The number of nitrogens with zero attached hydrogens (tertiary/aromatic N) is 2. The third-order valence-electron chi connectivity index (χ3n) is 4.07. The molecule has 10 heteroatoms. The maximum Gasteiger partial charge on any atom is 0.252 e. The summed E-state index contributed by atoms with van der Waals surface area (Å²) in [7, 11) is -3.56. The Morgan fingerprint density at radius 2 is 1.69 bits per heavy atom. The fourth-order valence-corrected chi connectivity index (χ4v) is 6.06. The van der Waals surface area contributed by atoms with E-state index in [-0.39, 0.29) is 29.6 Å². The maximum absolute atomic E-state index is 12.6. The molecule has 0 saturated carbocycles. The first-order valence-corrected chi connectivity index (χ1v) is 11.1. The summed E-state index contributed by atoms with van der Waals surface area (Å²) >= 11 is 18.7. The topological polar surface area (TPSA) is 57.7 Å². The molecule has 0 bridgehead atoms. The summed E-state index contributed by atoms with van der Waals surface area (Å²) in [4.78, 5) is 14.1. The van der Waals surface area contributed by atoms with Crippen molar-refractivity contribution in [3.05, 3.63) is 50.3 Å². The van der Waals surface area contributed by atoms with Crippen LogP contribution in [0.4, 0.5) is 0 Å². The van der Waals surface area contributed by atoms with E-state index >= 15 is 0 Å². The van der Waals surface area contributed by atoms with Crippen LogP contribution in [-0.4, -0.2) is 49.7 Å². The molecule has 0 radical (unpaired) electrons. The molecular weight excluding hydrogens is 439 g/mol. The molecule has 1 amide bonds. The van der Waals surface area contributed by atoms with Crippen LogP contribution in [0.2, 0.25) is 14.4 Å². The lowest BCUT2D eigenvalue weighted by molar-refractivity contribution is -0.131. The predicted molar refractivity (Wildman–Crippen MR) is 105 cm³/mol. The van der Waals surface area contributed by atoms with Crippen LogP contribution in [0.3, 0.4) is 0 Å². The molecule has 1 aliphatic rings. The summed E-state index contributed by atoms with van der Waals surface area (Å²) in [5.74, 6) is -0.0698. The number of carbonyl (C=O) groups is 1. The molecule has 5 nitrogen and oxygen atoms in total. The minimum Gasteiger partial charge on any atom is -0.340 e. The molecular formula is C16H15Cl3N2O3S2. The SMILES string of the molecule is O=C(Cc1ccc(Cl)c(Cl)c1)N1CCN(S(=O)(=O)c2ccc(Cl)s2)CC1. The maximum atomic E-state index is 12.6. The number of thiophene rings is 1. The highest BCUT2D eigenvalue weighted by molar-refractivity contribution is 7.91. The summed E-state index contributed by atoms with van der Waals surface area (Å²) < 4.78 is 27.2. The van der Waals surface area contributed by atoms with Crippen LogP contribution in [0.25, 0.3) is 0 Å². The average Bonchev–Trinajstić information content (AvgIpc) is 3.05. The molecule has 26 heavy (non-hydrogen) atoms. The van der Waals surface area contributed by atoms with Gasteiger partial charge in [-0.2, -0.15) is 4.31 Å². The second-order valence-corrected chi connectivity index (χ2v) is 10.5. The molecule has 1 saturated heterocycles. The van der Waals surface area contributed by atoms with Gasteiger partial charge in [-0.05, 0) is 29.8 Å². The quantitative estimate of drug-likeness (QED) is 0.708. The van der Waals surface area contributed by atoms with Crippen LogP contribution in [-0.2, 0) is 21.2 Å². The van der Waals surface area contributed by atoms with Crippen molar-refractivity contribution in [2.45, 2.75) is 10.6 Å². The van der Waals surface area contributed by atoms with Gasteiger partial charge in [-0.3, -0.25) is 4.79 Å². The van der Waals surface area contributed by atoms with Crippen LogP contribution >= 0.6 is 46.1 Å². The average molecular weight is 454 g/mol. The van der Waals surface area contributed by atoms with E-state index in [1.165, 1.54) is 10.4 Å². The number of hydrogen-bond donors (Lipinski definition) is 0. The molecule has 3 rings (SSSR count). The van der Waals surface area contributed by atoms with E-state index < -0.39 is 10.0 Å². The molecule has 0 aliphatic carbocycles. The highest BCUT2D eigenvalue weighted by Crippen LogP contribution is 2.28. The molecule has 0 unspecified atom stereocenters. The summed E-state index contributed by atoms with van der Waals surface area (Å²) in [5, 5.41) is 0.845. The monoisotopic (exact) mass is 452 g/mol. The van der Waals surface area contributed by atoms with Gasteiger partial charge in [0.2, 0.25) is 5.91 Å². The Kier molecular flexibility index (Phi) is 6.16. The van der Waals surface area contributed by atoms with Crippen LogP contribution in [0.1, 0.15) is 5.56 Å². The number of carbonyl (C=O) groups excluding carboxylic acids is 1. The minimum atomic E-state index is -3.56. The summed E-state index contributed by atoms with van der Waals surface area (Å²) in [6.45, 7) is 1.20. The molecule has 1 fully saturated rings. The second kappa shape index (κ2) is 8.04. The molecule has 1 aromatic heterocycles. The zero-order valence-corrected chi connectivity index (χ0v) is 17.4. The largest absolute Gasteiger partial charge is 0.340 e. The van der Waals surface area contributed by atoms with Crippen molar-refractivity contribution in [1.29, 1.82) is 0 Å². The van der Waals surface area contributed by atoms with Crippen LogP contribution in [0.15, 0.2) is 34.5 Å². The summed E-state index contributed by atoms with van der Waals surface area (Å²) in [6, 6.07) is 8.15. The number of piperazine rings is 1. The smallest absolute Gasteiger partial charge is 0.252 e. The Balaban J connectivity index is 1.61. The standard InChI is InChI=1S/C16H15Cl3N2O3S2/c17-12-2-1-11(9-13(12)18)10-15(22)20-5-7-21(8-6-20)26(23,24)16-4-3-14(19)25-16/h1-4,9H,5-8,10H2. The molecule has 2 heterocycles. The highest BCUT2D eigenvalue weighted by atomic mass is 35.5. The van der Waals surface area contributed by atoms with Gasteiger partial charge in [0.15, 0.2) is 0 Å². The van der Waals surface area contributed by atoms with E-state index in [0.29, 0.717) is 27.5 Å². The lowest BCUT2D eigenvalue weighted by Gasteiger charge is -2.33. The van der Waals surface area contributed by atoms with E-state index in [9.17, 15) is 13.2 Å². The van der Waals surface area contributed by atoms with Crippen molar-refractivity contribution in [3.8, 4) is 0 Å². The number of halogens is 3. The van der Waals surface area contributed by atoms with Crippen LogP contribution < -0.4 is 0 Å². The Labute approximate surface area is 171 Å². The zero-order valence-electron chi connectivity index (χ0n) is 13.5. The van der Waals surface area contributed by atoms with Gasteiger partial charge < -0.3 is 4.90 Å². The van der Waals surface area contributed by atoms with E-state index in [2.05, 4.69) is 0 Å². The number of sulfonamides is 1. The first-order valence-electron chi connectivity index (χ1n) is 7.74. The molecule has 0 atom stereocenters. The van der Waals surface area contributed by atoms with Crippen molar-refractivity contribution in [2.75, 3.05) is 26.2 Å². The molecule has 2 aromatic rings. The Morgan fingerprint density at radius 3 is 2.27 bits per heavy atom. The summed E-state index contributed by atoms with van der Waals surface area (Å²) in [5.41, 5.74) is 0.771. The predicted octanol–water partition coefficient (Wildman–Crippen LogP) is 3.78. The van der Waals surface area contributed by atoms with E-state index in [1.807, 2.05) is 0 Å². The molecule has 140 valence electrons. The van der Waals surface area contributed by atoms with Crippen LogP contribution in [0, 0.1) is 0 Å². The lowest BCUT2D eigenvalue weighted by atomic mass is 10.1. The van der Waals surface area contributed by atoms with Gasteiger partial charge in [-0.1, -0.05) is 40.9 Å². The van der Waals surface area contributed by atoms with Gasteiger partial charge in [0.25, 0.3) is 10.0 Å². The Bertz CT molecular complexity index is 923. The van der Waals surface area contributed by atoms with Crippen molar-refractivity contribution in [1.82, 2.24) is 9.21 Å². The van der Waals surface area contributed by atoms with E-state index in [0.717, 1.165) is 16.9 Å². The number of amides is 1. The van der Waals surface area contributed by atoms with Crippen molar-refractivity contribution in [3.63, 3.8) is 0 Å². The van der Waals surface area contributed by atoms with Crippen molar-refractivity contribution < 1.29 is 13.2 Å². The highest BCUT2D eigenvalue weighted by Gasteiger charge is 2.31.